The number of benzene rings is 2. The van der Waals surface area contributed by atoms with Gasteiger partial charge in [0.25, 0.3) is 5.91 Å². The molecule has 0 saturated carbocycles. The van der Waals surface area contributed by atoms with Crippen LogP contribution in [0.25, 0.3) is 0 Å². The summed E-state index contributed by atoms with van der Waals surface area (Å²) in [6, 6.07) is 20.5. The molecule has 2 heterocycles. The molecule has 0 radical (unpaired) electrons. The van der Waals surface area contributed by atoms with Crippen LogP contribution in [0.3, 0.4) is 0 Å². The third-order valence-corrected chi connectivity index (χ3v) is 6.24. The number of aromatic nitrogens is 3. The van der Waals surface area contributed by atoms with Gasteiger partial charge < -0.3 is 9.88 Å². The van der Waals surface area contributed by atoms with Gasteiger partial charge in [-0.25, -0.2) is 9.97 Å². The number of imidazole rings is 1. The topological polar surface area (TPSA) is 71.8 Å². The van der Waals surface area contributed by atoms with E-state index in [2.05, 4.69) is 20.6 Å². The van der Waals surface area contributed by atoms with Crippen LogP contribution >= 0.6 is 0 Å². The molecule has 4 rings (SSSR count). The summed E-state index contributed by atoms with van der Waals surface area (Å²) >= 11 is 0. The lowest BCUT2D eigenvalue weighted by atomic mass is 9.98. The highest BCUT2D eigenvalue weighted by Gasteiger charge is 2.34. The van der Waals surface area contributed by atoms with Crippen molar-refractivity contribution in [3.8, 4) is 0 Å². The van der Waals surface area contributed by atoms with Crippen molar-refractivity contribution in [2.24, 2.45) is 7.05 Å². The number of anilines is 1. The monoisotopic (exact) mass is 507 g/mol. The summed E-state index contributed by atoms with van der Waals surface area (Å²) in [6.07, 6.45) is -1.80. The predicted octanol–water partition coefficient (Wildman–Crippen LogP) is 6.09. The molecule has 0 aliphatic heterocycles. The van der Waals surface area contributed by atoms with E-state index in [4.69, 9.17) is 0 Å². The molecule has 0 spiro atoms. The van der Waals surface area contributed by atoms with E-state index < -0.39 is 17.6 Å². The third-order valence-electron chi connectivity index (χ3n) is 6.24. The van der Waals surface area contributed by atoms with Crippen molar-refractivity contribution in [3.05, 3.63) is 113 Å². The number of nitrogens with one attached hydrogen (secondary N) is 2. The minimum Gasteiger partial charge on any atom is -0.326 e. The molecule has 4 aromatic rings. The molecule has 6 nitrogen and oxygen atoms in total. The van der Waals surface area contributed by atoms with Crippen LogP contribution in [0, 0.1) is 0 Å². The Kier molecular flexibility index (Phi) is 7.73. The molecule has 2 N–H and O–H groups in total. The summed E-state index contributed by atoms with van der Waals surface area (Å²) in [6.45, 7) is 3.57. The highest BCUT2D eigenvalue weighted by atomic mass is 19.4. The molecule has 0 aliphatic carbocycles. The van der Waals surface area contributed by atoms with Gasteiger partial charge in [-0.3, -0.25) is 10.1 Å². The first kappa shape index (κ1) is 26.1. The Labute approximate surface area is 213 Å². The summed E-state index contributed by atoms with van der Waals surface area (Å²) in [4.78, 5) is 21.4. The van der Waals surface area contributed by atoms with Crippen LogP contribution in [0.4, 0.5) is 19.0 Å². The lowest BCUT2D eigenvalue weighted by Gasteiger charge is -2.24. The van der Waals surface area contributed by atoms with Crippen LogP contribution in [-0.2, 0) is 19.6 Å². The van der Waals surface area contributed by atoms with Crippen molar-refractivity contribution in [1.82, 2.24) is 19.9 Å². The lowest BCUT2D eigenvalue weighted by Crippen LogP contribution is -2.28. The number of carbonyl (C=O) groups is 1. The standard InChI is InChI=1S/C28H28F3N5O/c1-4-19-16-32-24(15-22(19)28(29,30)31)35-27(37)23-17-33-26(36(23)3)18(2)34-25(20-11-7-5-8-12-20)21-13-9-6-10-14-21/h5-18,25,34H,4H2,1-3H3,(H,32,35,37). The first-order valence-corrected chi connectivity index (χ1v) is 11.9. The molecule has 192 valence electrons. The number of nitrogens with zero attached hydrogens (tertiary/aromatic N) is 3. The van der Waals surface area contributed by atoms with Gasteiger partial charge in [-0.05, 0) is 36.1 Å². The second kappa shape index (κ2) is 11.0. The number of hydrogen-bond acceptors (Lipinski definition) is 4. The largest absolute Gasteiger partial charge is 0.416 e. The highest BCUT2D eigenvalue weighted by Crippen LogP contribution is 2.33. The number of aryl methyl sites for hydroxylation is 1. The average Bonchev–Trinajstić information content (AvgIpc) is 3.29. The van der Waals surface area contributed by atoms with E-state index in [1.54, 1.807) is 18.5 Å². The van der Waals surface area contributed by atoms with Gasteiger partial charge in [-0.15, -0.1) is 0 Å². The quantitative estimate of drug-likeness (QED) is 0.303. The third kappa shape index (κ3) is 5.89. The minimum atomic E-state index is -4.54. The Morgan fingerprint density at radius 1 is 0.973 bits per heavy atom. The molecular weight excluding hydrogens is 479 g/mol. The van der Waals surface area contributed by atoms with Crippen LogP contribution in [0.2, 0.25) is 0 Å². The molecule has 2 aromatic heterocycles. The van der Waals surface area contributed by atoms with Gasteiger partial charge in [0.05, 0.1) is 23.8 Å². The van der Waals surface area contributed by atoms with Gasteiger partial charge in [-0.2, -0.15) is 13.2 Å². The number of alkyl halides is 3. The number of halogens is 3. The Hall–Kier alpha value is -3.98. The molecule has 37 heavy (non-hydrogen) atoms. The van der Waals surface area contributed by atoms with Crippen LogP contribution in [0.5, 0.6) is 0 Å². The maximum absolute atomic E-state index is 13.4. The molecule has 0 fully saturated rings. The van der Waals surface area contributed by atoms with Crippen molar-refractivity contribution in [1.29, 1.82) is 0 Å². The zero-order chi connectivity index (χ0) is 26.6. The summed E-state index contributed by atoms with van der Waals surface area (Å²) in [5, 5.41) is 6.07. The number of rotatable bonds is 8. The van der Waals surface area contributed by atoms with Crippen molar-refractivity contribution in [2.75, 3.05) is 5.32 Å². The van der Waals surface area contributed by atoms with Crippen molar-refractivity contribution >= 4 is 11.7 Å². The maximum atomic E-state index is 13.4. The Bertz CT molecular complexity index is 1310. The predicted molar refractivity (Wildman–Crippen MR) is 136 cm³/mol. The van der Waals surface area contributed by atoms with Crippen molar-refractivity contribution in [3.63, 3.8) is 0 Å². The van der Waals surface area contributed by atoms with E-state index in [1.807, 2.05) is 67.6 Å². The van der Waals surface area contributed by atoms with Gasteiger partial charge in [0.2, 0.25) is 0 Å². The van der Waals surface area contributed by atoms with Gasteiger partial charge in [0, 0.05) is 13.2 Å². The van der Waals surface area contributed by atoms with Crippen LogP contribution in [0.15, 0.2) is 79.1 Å². The van der Waals surface area contributed by atoms with Gasteiger partial charge in [0.15, 0.2) is 0 Å². The van der Waals surface area contributed by atoms with Crippen LogP contribution in [-0.4, -0.2) is 20.4 Å². The molecule has 1 amide bonds. The Balaban J connectivity index is 1.55. The van der Waals surface area contributed by atoms with Gasteiger partial charge in [-0.1, -0.05) is 67.6 Å². The zero-order valence-corrected chi connectivity index (χ0v) is 20.8. The summed E-state index contributed by atoms with van der Waals surface area (Å²) in [5.41, 5.74) is 1.62. The van der Waals surface area contributed by atoms with Crippen LogP contribution < -0.4 is 10.6 Å². The van der Waals surface area contributed by atoms with E-state index in [-0.39, 0.29) is 35.6 Å². The smallest absolute Gasteiger partial charge is 0.326 e. The fourth-order valence-corrected chi connectivity index (χ4v) is 4.32. The van der Waals surface area contributed by atoms with Crippen molar-refractivity contribution < 1.29 is 18.0 Å². The van der Waals surface area contributed by atoms with Gasteiger partial charge in [0.1, 0.15) is 17.3 Å². The maximum Gasteiger partial charge on any atom is 0.416 e. The second-order valence-electron chi connectivity index (χ2n) is 8.74. The lowest BCUT2D eigenvalue weighted by molar-refractivity contribution is -0.138. The average molecular weight is 508 g/mol. The van der Waals surface area contributed by atoms with E-state index in [1.165, 1.54) is 6.20 Å². The minimum absolute atomic E-state index is 0.0691. The normalized spacial score (nSPS) is 12.5. The first-order chi connectivity index (χ1) is 17.7. The summed E-state index contributed by atoms with van der Waals surface area (Å²) in [7, 11) is 1.70. The zero-order valence-electron chi connectivity index (χ0n) is 20.8. The van der Waals surface area contributed by atoms with E-state index in [0.29, 0.717) is 5.82 Å². The summed E-state index contributed by atoms with van der Waals surface area (Å²) in [5.74, 6) is -0.162. The number of carbonyl (C=O) groups excluding carboxylic acids is 1. The molecule has 0 bridgehead atoms. The molecule has 1 unspecified atom stereocenters. The number of pyridine rings is 1. The van der Waals surface area contributed by atoms with E-state index in [9.17, 15) is 18.0 Å². The fourth-order valence-electron chi connectivity index (χ4n) is 4.32. The van der Waals surface area contributed by atoms with E-state index in [0.717, 1.165) is 23.4 Å². The Morgan fingerprint density at radius 2 is 1.57 bits per heavy atom. The SMILES string of the molecule is CCc1cnc(NC(=O)c2cnc(C(C)NC(c3ccccc3)c3ccccc3)n2C)cc1C(F)(F)F. The van der Waals surface area contributed by atoms with Crippen LogP contribution in [0.1, 0.15) is 64.5 Å². The molecule has 2 aromatic carbocycles. The van der Waals surface area contributed by atoms with Crippen molar-refractivity contribution in [2.45, 2.75) is 38.5 Å². The highest BCUT2D eigenvalue weighted by molar-refractivity contribution is 6.02. The second-order valence-corrected chi connectivity index (χ2v) is 8.74. The number of hydrogen-bond donors (Lipinski definition) is 2. The first-order valence-electron chi connectivity index (χ1n) is 11.9. The molecular formula is C28H28F3N5O. The summed E-state index contributed by atoms with van der Waals surface area (Å²) < 4.78 is 41.9. The van der Waals surface area contributed by atoms with Gasteiger partial charge >= 0.3 is 6.18 Å². The number of amides is 1. The fraction of sp³-hybridized carbons (Fsp3) is 0.250. The molecule has 0 aliphatic rings. The molecule has 1 atom stereocenters. The Morgan fingerprint density at radius 3 is 2.11 bits per heavy atom. The molecule has 0 saturated heterocycles. The molecule has 9 heteroatoms. The van der Waals surface area contributed by atoms with E-state index >= 15 is 0 Å².